The molecule has 0 amide bonds. The molecule has 2 aliphatic rings. The summed E-state index contributed by atoms with van der Waals surface area (Å²) in [7, 11) is 1.48. The minimum Gasteiger partial charge on any atom is -0.504 e. The summed E-state index contributed by atoms with van der Waals surface area (Å²) in [6.45, 7) is 7.64. The standard InChI is InChI=1S/C21H20O6/c1-10(2)17-20(27-17)13-5-6-15-16(19(13)24-4)21(23)25-9-12-7-11(3)8-14(22)18(12)26-15/h5-8,17,20,22H,1,9H2,2-4H3/t17-,20-/m1/s1. The van der Waals surface area contributed by atoms with Gasteiger partial charge in [0.15, 0.2) is 11.5 Å². The fraction of sp³-hybridized carbons (Fsp3) is 0.286. The van der Waals surface area contributed by atoms with Crippen LogP contribution in [0.2, 0.25) is 0 Å². The highest BCUT2D eigenvalue weighted by Crippen LogP contribution is 2.50. The average Bonchev–Trinajstić information content (AvgIpc) is 3.41. The molecule has 0 aromatic heterocycles. The van der Waals surface area contributed by atoms with E-state index in [0.717, 1.165) is 16.7 Å². The van der Waals surface area contributed by atoms with Gasteiger partial charge in [-0.1, -0.05) is 6.58 Å². The van der Waals surface area contributed by atoms with E-state index >= 15 is 0 Å². The average molecular weight is 368 g/mol. The Bertz CT molecular complexity index is 962. The molecule has 1 N–H and O–H groups in total. The number of cyclic esters (lactones) is 1. The molecule has 4 rings (SSSR count). The van der Waals surface area contributed by atoms with Crippen molar-refractivity contribution in [3.63, 3.8) is 0 Å². The molecule has 0 saturated carbocycles. The molecule has 2 atom stereocenters. The monoisotopic (exact) mass is 368 g/mol. The van der Waals surface area contributed by atoms with E-state index in [0.29, 0.717) is 11.3 Å². The molecular formula is C21H20O6. The van der Waals surface area contributed by atoms with E-state index in [4.69, 9.17) is 18.9 Å². The van der Waals surface area contributed by atoms with Gasteiger partial charge in [-0.3, -0.25) is 0 Å². The first kappa shape index (κ1) is 17.4. The summed E-state index contributed by atoms with van der Waals surface area (Å²) < 4.78 is 22.6. The van der Waals surface area contributed by atoms with Crippen LogP contribution < -0.4 is 9.47 Å². The number of carbonyl (C=O) groups excluding carboxylic acids is 1. The number of ether oxygens (including phenoxy) is 4. The Labute approximate surface area is 156 Å². The quantitative estimate of drug-likeness (QED) is 0.497. The highest BCUT2D eigenvalue weighted by Gasteiger charge is 2.44. The van der Waals surface area contributed by atoms with Crippen molar-refractivity contribution in [2.24, 2.45) is 0 Å². The van der Waals surface area contributed by atoms with Gasteiger partial charge in [0, 0.05) is 11.1 Å². The molecule has 6 heteroatoms. The third-order valence-electron chi connectivity index (χ3n) is 4.70. The smallest absolute Gasteiger partial charge is 0.346 e. The van der Waals surface area contributed by atoms with Gasteiger partial charge in [-0.15, -0.1) is 0 Å². The van der Waals surface area contributed by atoms with E-state index in [9.17, 15) is 9.90 Å². The van der Waals surface area contributed by atoms with Gasteiger partial charge in [-0.05, 0) is 49.2 Å². The number of benzene rings is 2. The Kier molecular flexibility index (Phi) is 4.08. The first-order valence-electron chi connectivity index (χ1n) is 8.60. The summed E-state index contributed by atoms with van der Waals surface area (Å²) in [4.78, 5) is 12.7. The van der Waals surface area contributed by atoms with E-state index < -0.39 is 5.97 Å². The van der Waals surface area contributed by atoms with Crippen LogP contribution in [0.4, 0.5) is 0 Å². The SMILES string of the molecule is C=C(C)[C@H]1O[C@@H]1c1ccc2c(c1OC)C(=O)OCc1cc(C)cc(O)c1O2. The lowest BCUT2D eigenvalue weighted by Crippen LogP contribution is -2.14. The number of fused-ring (bicyclic) bond motifs is 2. The van der Waals surface area contributed by atoms with Crippen LogP contribution in [0.5, 0.6) is 23.0 Å². The van der Waals surface area contributed by atoms with Crippen molar-refractivity contribution in [3.8, 4) is 23.0 Å². The molecule has 27 heavy (non-hydrogen) atoms. The highest BCUT2D eigenvalue weighted by atomic mass is 16.6. The van der Waals surface area contributed by atoms with Crippen LogP contribution in [0.1, 0.15) is 40.1 Å². The Morgan fingerprint density at radius 1 is 1.33 bits per heavy atom. The number of phenolic OH excluding ortho intramolecular Hbond substituents is 1. The van der Waals surface area contributed by atoms with E-state index in [1.165, 1.54) is 7.11 Å². The number of aryl methyl sites for hydroxylation is 1. The minimum absolute atomic E-state index is 0.00938. The van der Waals surface area contributed by atoms with E-state index in [1.54, 1.807) is 18.2 Å². The number of methoxy groups -OCH3 is 1. The first-order valence-corrected chi connectivity index (χ1v) is 8.60. The van der Waals surface area contributed by atoms with Gasteiger partial charge in [-0.2, -0.15) is 0 Å². The van der Waals surface area contributed by atoms with Crippen LogP contribution in [0, 0.1) is 6.92 Å². The molecule has 0 unspecified atom stereocenters. The number of rotatable bonds is 3. The van der Waals surface area contributed by atoms with E-state index in [-0.39, 0.29) is 41.6 Å². The summed E-state index contributed by atoms with van der Waals surface area (Å²) in [5.74, 6) is 0.314. The predicted octanol–water partition coefficient (Wildman–Crippen LogP) is 4.19. The third-order valence-corrected chi connectivity index (χ3v) is 4.70. The Morgan fingerprint density at radius 2 is 2.11 bits per heavy atom. The second-order valence-electron chi connectivity index (χ2n) is 6.84. The summed E-state index contributed by atoms with van der Waals surface area (Å²) in [6.07, 6.45) is -0.320. The summed E-state index contributed by atoms with van der Waals surface area (Å²) in [5, 5.41) is 10.3. The molecule has 1 saturated heterocycles. The molecular weight excluding hydrogens is 348 g/mol. The maximum absolute atomic E-state index is 12.7. The lowest BCUT2D eigenvalue weighted by atomic mass is 10.0. The number of epoxide rings is 1. The molecule has 2 aromatic rings. The summed E-state index contributed by atoms with van der Waals surface area (Å²) in [5.41, 5.74) is 3.26. The van der Waals surface area contributed by atoms with Crippen molar-refractivity contribution in [1.82, 2.24) is 0 Å². The fourth-order valence-corrected chi connectivity index (χ4v) is 3.40. The molecule has 6 nitrogen and oxygen atoms in total. The molecule has 140 valence electrons. The summed E-state index contributed by atoms with van der Waals surface area (Å²) in [6, 6.07) is 6.88. The van der Waals surface area contributed by atoms with Crippen LogP contribution >= 0.6 is 0 Å². The molecule has 0 radical (unpaired) electrons. The lowest BCUT2D eigenvalue weighted by molar-refractivity contribution is 0.0454. The molecule has 0 spiro atoms. The number of hydrogen-bond acceptors (Lipinski definition) is 6. The van der Waals surface area contributed by atoms with Gasteiger partial charge in [-0.25, -0.2) is 4.79 Å². The van der Waals surface area contributed by atoms with Crippen molar-refractivity contribution < 1.29 is 28.8 Å². The van der Waals surface area contributed by atoms with Crippen molar-refractivity contribution in [3.05, 3.63) is 58.7 Å². The Balaban J connectivity index is 1.83. The number of phenols is 1. The van der Waals surface area contributed by atoms with Gasteiger partial charge in [0.25, 0.3) is 0 Å². The second-order valence-corrected chi connectivity index (χ2v) is 6.84. The van der Waals surface area contributed by atoms with Gasteiger partial charge in [0.05, 0.1) is 7.11 Å². The zero-order valence-corrected chi connectivity index (χ0v) is 15.4. The maximum Gasteiger partial charge on any atom is 0.346 e. The first-order chi connectivity index (χ1) is 12.9. The molecule has 0 aliphatic carbocycles. The molecule has 2 aliphatic heterocycles. The van der Waals surface area contributed by atoms with Gasteiger partial charge >= 0.3 is 5.97 Å². The van der Waals surface area contributed by atoms with Gasteiger partial charge in [0.2, 0.25) is 0 Å². The van der Waals surface area contributed by atoms with Crippen molar-refractivity contribution in [2.45, 2.75) is 32.7 Å². The molecule has 2 heterocycles. The van der Waals surface area contributed by atoms with Crippen LogP contribution in [0.3, 0.4) is 0 Å². The summed E-state index contributed by atoms with van der Waals surface area (Å²) >= 11 is 0. The predicted molar refractivity (Wildman–Crippen MR) is 97.5 cm³/mol. The zero-order chi connectivity index (χ0) is 19.3. The van der Waals surface area contributed by atoms with Crippen molar-refractivity contribution >= 4 is 5.97 Å². The van der Waals surface area contributed by atoms with Gasteiger partial charge in [0.1, 0.15) is 35.9 Å². The van der Waals surface area contributed by atoms with E-state index in [2.05, 4.69) is 6.58 Å². The van der Waals surface area contributed by atoms with Crippen LogP contribution in [-0.4, -0.2) is 24.3 Å². The number of carbonyl (C=O) groups is 1. The number of aromatic hydroxyl groups is 1. The van der Waals surface area contributed by atoms with Crippen molar-refractivity contribution in [1.29, 1.82) is 0 Å². The second kappa shape index (κ2) is 6.32. The molecule has 1 fully saturated rings. The lowest BCUT2D eigenvalue weighted by Gasteiger charge is -2.21. The highest BCUT2D eigenvalue weighted by molar-refractivity contribution is 5.96. The van der Waals surface area contributed by atoms with Crippen LogP contribution in [0.25, 0.3) is 0 Å². The number of esters is 1. The Hall–Kier alpha value is -2.99. The van der Waals surface area contributed by atoms with E-state index in [1.807, 2.05) is 19.9 Å². The largest absolute Gasteiger partial charge is 0.504 e. The minimum atomic E-state index is -0.553. The molecule has 0 bridgehead atoms. The number of hydrogen-bond donors (Lipinski definition) is 1. The fourth-order valence-electron chi connectivity index (χ4n) is 3.40. The van der Waals surface area contributed by atoms with Crippen LogP contribution in [0.15, 0.2) is 36.4 Å². The maximum atomic E-state index is 12.7. The topological polar surface area (TPSA) is 77.5 Å². The van der Waals surface area contributed by atoms with Crippen LogP contribution in [-0.2, 0) is 16.1 Å². The zero-order valence-electron chi connectivity index (χ0n) is 15.4. The Morgan fingerprint density at radius 3 is 2.78 bits per heavy atom. The normalized spacial score (nSPS) is 20.3. The van der Waals surface area contributed by atoms with Crippen molar-refractivity contribution in [2.75, 3.05) is 7.11 Å². The van der Waals surface area contributed by atoms with Gasteiger partial charge < -0.3 is 24.1 Å². The molecule has 2 aromatic carbocycles. The third kappa shape index (κ3) is 2.92.